The fourth-order valence-electron chi connectivity index (χ4n) is 3.15. The molecule has 1 aromatic heterocycles. The van der Waals surface area contributed by atoms with Crippen molar-refractivity contribution in [3.8, 4) is 0 Å². The van der Waals surface area contributed by atoms with Crippen molar-refractivity contribution in [2.45, 2.75) is 32.2 Å². The highest BCUT2D eigenvalue weighted by atomic mass is 16.1. The number of hydrogen-bond acceptors (Lipinski definition) is 3. The molecule has 1 aliphatic rings. The lowest BCUT2D eigenvalue weighted by molar-refractivity contribution is -0.114. The van der Waals surface area contributed by atoms with Crippen LogP contribution in [0.4, 0.5) is 5.69 Å². The number of rotatable bonds is 4. The van der Waals surface area contributed by atoms with E-state index in [2.05, 4.69) is 45.5 Å². The van der Waals surface area contributed by atoms with Gasteiger partial charge < -0.3 is 5.32 Å². The first-order chi connectivity index (χ1) is 11.2. The number of hydrogen-bond donors (Lipinski definition) is 1. The smallest absolute Gasteiger partial charge is 0.221 e. The quantitative estimate of drug-likeness (QED) is 0.941. The third-order valence-electron chi connectivity index (χ3n) is 4.36. The number of nitrogens with one attached hydrogen (secondary N) is 1. The molecule has 0 atom stereocenters. The largest absolute Gasteiger partial charge is 0.325 e. The van der Waals surface area contributed by atoms with Crippen LogP contribution in [0.25, 0.3) is 0 Å². The normalized spacial score (nSPS) is 16.2. The summed E-state index contributed by atoms with van der Waals surface area (Å²) in [7, 11) is 0. The molecule has 1 fully saturated rings. The molecule has 1 amide bonds. The number of amides is 1. The van der Waals surface area contributed by atoms with Crippen LogP contribution in [0.15, 0.2) is 48.7 Å². The summed E-state index contributed by atoms with van der Waals surface area (Å²) in [5.74, 6) is 0.460. The van der Waals surface area contributed by atoms with E-state index in [1.807, 2.05) is 12.1 Å². The van der Waals surface area contributed by atoms with Gasteiger partial charge >= 0.3 is 0 Å². The van der Waals surface area contributed by atoms with Gasteiger partial charge in [0.1, 0.15) is 0 Å². The van der Waals surface area contributed by atoms with E-state index >= 15 is 0 Å². The topological polar surface area (TPSA) is 45.2 Å². The lowest BCUT2D eigenvalue weighted by atomic mass is 9.93. The van der Waals surface area contributed by atoms with Crippen molar-refractivity contribution in [3.63, 3.8) is 0 Å². The van der Waals surface area contributed by atoms with Crippen LogP contribution in [0.2, 0.25) is 0 Å². The molecule has 3 rings (SSSR count). The van der Waals surface area contributed by atoms with Gasteiger partial charge in [-0.1, -0.05) is 30.3 Å². The average Bonchev–Trinajstić information content (AvgIpc) is 2.57. The van der Waals surface area contributed by atoms with Gasteiger partial charge in [0.2, 0.25) is 5.91 Å². The molecule has 1 aliphatic heterocycles. The summed E-state index contributed by atoms with van der Waals surface area (Å²) in [6, 6.07) is 14.6. The standard InChI is InChI=1S/C19H23N3O/c1-15(23)21-18-7-8-19(20-13-18)17-9-11-22(12-10-17)14-16-5-3-2-4-6-16/h2-8,13,17H,9-12,14H2,1H3,(H,21,23). The monoisotopic (exact) mass is 309 g/mol. The Hall–Kier alpha value is -2.20. The van der Waals surface area contributed by atoms with E-state index in [9.17, 15) is 4.79 Å². The van der Waals surface area contributed by atoms with Gasteiger partial charge in [0.25, 0.3) is 0 Å². The van der Waals surface area contributed by atoms with Gasteiger partial charge in [0, 0.05) is 25.1 Å². The molecule has 0 aliphatic carbocycles. The number of benzene rings is 1. The molecule has 4 nitrogen and oxygen atoms in total. The third kappa shape index (κ3) is 4.39. The van der Waals surface area contributed by atoms with Gasteiger partial charge in [-0.15, -0.1) is 0 Å². The molecule has 0 bridgehead atoms. The molecule has 0 spiro atoms. The lowest BCUT2D eigenvalue weighted by Crippen LogP contribution is -2.32. The minimum atomic E-state index is -0.0613. The van der Waals surface area contributed by atoms with Crippen molar-refractivity contribution in [1.82, 2.24) is 9.88 Å². The van der Waals surface area contributed by atoms with E-state index in [1.54, 1.807) is 6.20 Å². The Morgan fingerprint density at radius 1 is 1.17 bits per heavy atom. The molecule has 1 aromatic carbocycles. The molecular formula is C19H23N3O. The second kappa shape index (κ2) is 7.38. The molecule has 1 saturated heterocycles. The summed E-state index contributed by atoms with van der Waals surface area (Å²) < 4.78 is 0. The zero-order valence-electron chi connectivity index (χ0n) is 13.5. The number of nitrogens with zero attached hydrogens (tertiary/aromatic N) is 2. The number of carbonyl (C=O) groups excluding carboxylic acids is 1. The fourth-order valence-corrected chi connectivity index (χ4v) is 3.15. The van der Waals surface area contributed by atoms with Crippen molar-refractivity contribution < 1.29 is 4.79 Å². The number of aromatic nitrogens is 1. The maximum absolute atomic E-state index is 11.0. The van der Waals surface area contributed by atoms with Crippen LogP contribution in [-0.2, 0) is 11.3 Å². The van der Waals surface area contributed by atoms with E-state index in [1.165, 1.54) is 12.5 Å². The number of pyridine rings is 1. The van der Waals surface area contributed by atoms with E-state index < -0.39 is 0 Å². The number of anilines is 1. The maximum atomic E-state index is 11.0. The SMILES string of the molecule is CC(=O)Nc1ccc(C2CCN(Cc3ccccc3)CC2)nc1. The second-order valence-corrected chi connectivity index (χ2v) is 6.19. The molecule has 0 saturated carbocycles. The number of likely N-dealkylation sites (tertiary alicyclic amines) is 1. The molecule has 4 heteroatoms. The molecular weight excluding hydrogens is 286 g/mol. The van der Waals surface area contributed by atoms with E-state index in [0.717, 1.165) is 43.9 Å². The van der Waals surface area contributed by atoms with Crippen LogP contribution < -0.4 is 5.32 Å². The van der Waals surface area contributed by atoms with Crippen molar-refractivity contribution in [1.29, 1.82) is 0 Å². The summed E-state index contributed by atoms with van der Waals surface area (Å²) in [5.41, 5.74) is 3.28. The Morgan fingerprint density at radius 3 is 2.52 bits per heavy atom. The summed E-state index contributed by atoms with van der Waals surface area (Å²) in [6.45, 7) is 4.75. The first kappa shape index (κ1) is 15.7. The van der Waals surface area contributed by atoms with Crippen molar-refractivity contribution in [3.05, 3.63) is 59.9 Å². The Kier molecular flexibility index (Phi) is 5.03. The predicted molar refractivity (Wildman–Crippen MR) is 92.2 cm³/mol. The van der Waals surface area contributed by atoms with Gasteiger partial charge in [-0.3, -0.25) is 14.7 Å². The van der Waals surface area contributed by atoms with Gasteiger partial charge in [-0.05, 0) is 43.6 Å². The van der Waals surface area contributed by atoms with Crippen LogP contribution in [0, 0.1) is 0 Å². The summed E-state index contributed by atoms with van der Waals surface area (Å²) >= 11 is 0. The Labute approximate surface area is 137 Å². The third-order valence-corrected chi connectivity index (χ3v) is 4.36. The average molecular weight is 309 g/mol. The zero-order valence-corrected chi connectivity index (χ0v) is 13.5. The van der Waals surface area contributed by atoms with Crippen LogP contribution in [0.3, 0.4) is 0 Å². The van der Waals surface area contributed by atoms with E-state index in [0.29, 0.717) is 5.92 Å². The van der Waals surface area contributed by atoms with Crippen LogP contribution in [0.5, 0.6) is 0 Å². The molecule has 1 N–H and O–H groups in total. The maximum Gasteiger partial charge on any atom is 0.221 e. The van der Waals surface area contributed by atoms with Crippen molar-refractivity contribution in [2.24, 2.45) is 0 Å². The Morgan fingerprint density at radius 2 is 1.91 bits per heavy atom. The van der Waals surface area contributed by atoms with Crippen molar-refractivity contribution in [2.75, 3.05) is 18.4 Å². The molecule has 0 unspecified atom stereocenters. The van der Waals surface area contributed by atoms with Gasteiger partial charge in [0.05, 0.1) is 11.9 Å². The highest BCUT2D eigenvalue weighted by Crippen LogP contribution is 2.27. The summed E-state index contributed by atoms with van der Waals surface area (Å²) in [6.07, 6.45) is 4.03. The fraction of sp³-hybridized carbons (Fsp3) is 0.368. The zero-order chi connectivity index (χ0) is 16.1. The molecule has 2 aromatic rings. The van der Waals surface area contributed by atoms with E-state index in [-0.39, 0.29) is 5.91 Å². The molecule has 120 valence electrons. The summed E-state index contributed by atoms with van der Waals surface area (Å²) in [4.78, 5) is 18.1. The van der Waals surface area contributed by atoms with Crippen molar-refractivity contribution >= 4 is 11.6 Å². The highest BCUT2D eigenvalue weighted by molar-refractivity contribution is 5.88. The van der Waals surface area contributed by atoms with Gasteiger partial charge in [-0.2, -0.15) is 0 Å². The number of piperidine rings is 1. The number of carbonyl (C=O) groups is 1. The summed E-state index contributed by atoms with van der Waals surface area (Å²) in [5, 5.41) is 2.76. The van der Waals surface area contributed by atoms with E-state index in [4.69, 9.17) is 0 Å². The van der Waals surface area contributed by atoms with Crippen LogP contribution in [0.1, 0.15) is 36.9 Å². The minimum absolute atomic E-state index is 0.0613. The van der Waals surface area contributed by atoms with Crippen LogP contribution >= 0.6 is 0 Å². The van der Waals surface area contributed by atoms with Gasteiger partial charge in [0.15, 0.2) is 0 Å². The predicted octanol–water partition coefficient (Wildman–Crippen LogP) is 3.42. The Balaban J connectivity index is 1.53. The first-order valence-corrected chi connectivity index (χ1v) is 8.20. The van der Waals surface area contributed by atoms with Gasteiger partial charge in [-0.25, -0.2) is 0 Å². The molecule has 0 radical (unpaired) electrons. The second-order valence-electron chi connectivity index (χ2n) is 6.19. The first-order valence-electron chi connectivity index (χ1n) is 8.20. The Bertz CT molecular complexity index is 631. The van der Waals surface area contributed by atoms with Crippen LogP contribution in [-0.4, -0.2) is 28.9 Å². The highest BCUT2D eigenvalue weighted by Gasteiger charge is 2.21. The molecule has 23 heavy (non-hydrogen) atoms. The minimum Gasteiger partial charge on any atom is -0.325 e. The lowest BCUT2D eigenvalue weighted by Gasteiger charge is -2.31. The molecule has 2 heterocycles.